The molecule has 18 heavy (non-hydrogen) atoms. The lowest BCUT2D eigenvalue weighted by molar-refractivity contribution is 0.0622. The zero-order chi connectivity index (χ0) is 14.4. The summed E-state index contributed by atoms with van der Waals surface area (Å²) in [6, 6.07) is 0. The van der Waals surface area contributed by atoms with Crippen LogP contribution in [0.5, 0.6) is 0 Å². The van der Waals surface area contributed by atoms with Gasteiger partial charge in [-0.05, 0) is 24.2 Å². The van der Waals surface area contributed by atoms with E-state index in [0.29, 0.717) is 19.1 Å². The minimum absolute atomic E-state index is 0.0256. The standard InChI is InChI=1S/C13H27ClO3S/c1-11(2)7-6-8-17-9-12(13(3,4)5)10-18(14,15)16/h11-12H,6-10H2,1-5H3. The molecule has 5 heteroatoms. The molecular formula is C13H27ClO3S. The molecule has 0 N–H and O–H groups in total. The van der Waals surface area contributed by atoms with E-state index in [1.54, 1.807) is 0 Å². The van der Waals surface area contributed by atoms with Crippen molar-refractivity contribution < 1.29 is 13.2 Å². The van der Waals surface area contributed by atoms with Gasteiger partial charge < -0.3 is 4.74 Å². The Labute approximate surface area is 117 Å². The third-order valence-electron chi connectivity index (χ3n) is 3.01. The van der Waals surface area contributed by atoms with Gasteiger partial charge in [0.15, 0.2) is 0 Å². The maximum absolute atomic E-state index is 11.2. The van der Waals surface area contributed by atoms with Gasteiger partial charge in [-0.3, -0.25) is 0 Å². The van der Waals surface area contributed by atoms with Crippen molar-refractivity contribution >= 4 is 19.7 Å². The van der Waals surface area contributed by atoms with Crippen LogP contribution in [0, 0.1) is 17.3 Å². The van der Waals surface area contributed by atoms with E-state index in [4.69, 9.17) is 15.4 Å². The Balaban J connectivity index is 4.12. The van der Waals surface area contributed by atoms with E-state index < -0.39 is 9.05 Å². The van der Waals surface area contributed by atoms with E-state index >= 15 is 0 Å². The molecule has 3 nitrogen and oxygen atoms in total. The fourth-order valence-electron chi connectivity index (χ4n) is 1.61. The maximum atomic E-state index is 11.2. The van der Waals surface area contributed by atoms with E-state index in [0.717, 1.165) is 12.8 Å². The average Bonchev–Trinajstić information content (AvgIpc) is 2.11. The first-order valence-corrected chi connectivity index (χ1v) is 9.00. The summed E-state index contributed by atoms with van der Waals surface area (Å²) in [6.07, 6.45) is 2.15. The van der Waals surface area contributed by atoms with Gasteiger partial charge in [0.1, 0.15) is 0 Å². The summed E-state index contributed by atoms with van der Waals surface area (Å²) in [5.41, 5.74) is -0.125. The van der Waals surface area contributed by atoms with Gasteiger partial charge in [-0.15, -0.1) is 0 Å². The van der Waals surface area contributed by atoms with E-state index in [1.807, 2.05) is 20.8 Å². The van der Waals surface area contributed by atoms with Gasteiger partial charge in [0.25, 0.3) is 0 Å². The molecule has 0 aliphatic rings. The van der Waals surface area contributed by atoms with Crippen LogP contribution in [0.4, 0.5) is 0 Å². The molecule has 0 saturated carbocycles. The van der Waals surface area contributed by atoms with E-state index in [9.17, 15) is 8.42 Å². The second-order valence-electron chi connectivity index (χ2n) is 6.38. The Bertz CT molecular complexity index is 318. The first kappa shape index (κ1) is 18.2. The second kappa shape index (κ2) is 7.71. The van der Waals surface area contributed by atoms with Crippen molar-refractivity contribution in [3.8, 4) is 0 Å². The minimum atomic E-state index is -3.47. The second-order valence-corrected chi connectivity index (χ2v) is 9.20. The lowest BCUT2D eigenvalue weighted by Crippen LogP contribution is -2.30. The molecule has 0 bridgehead atoms. The van der Waals surface area contributed by atoms with Crippen LogP contribution in [0.3, 0.4) is 0 Å². The molecule has 110 valence electrons. The normalized spacial score (nSPS) is 15.1. The lowest BCUT2D eigenvalue weighted by atomic mass is 9.82. The van der Waals surface area contributed by atoms with Gasteiger partial charge in [0.05, 0.1) is 12.4 Å². The molecular weight excluding hydrogens is 272 g/mol. The number of hydrogen-bond donors (Lipinski definition) is 0. The van der Waals surface area contributed by atoms with Crippen LogP contribution < -0.4 is 0 Å². The van der Waals surface area contributed by atoms with E-state index in [1.165, 1.54) is 0 Å². The highest BCUT2D eigenvalue weighted by molar-refractivity contribution is 8.13. The monoisotopic (exact) mass is 298 g/mol. The summed E-state index contributed by atoms with van der Waals surface area (Å²) < 4.78 is 27.9. The fraction of sp³-hybridized carbons (Fsp3) is 1.00. The van der Waals surface area contributed by atoms with E-state index in [-0.39, 0.29) is 17.1 Å². The van der Waals surface area contributed by atoms with Crippen LogP contribution in [0.1, 0.15) is 47.5 Å². The Morgan fingerprint density at radius 3 is 2.17 bits per heavy atom. The van der Waals surface area contributed by atoms with Crippen molar-refractivity contribution in [2.75, 3.05) is 19.0 Å². The maximum Gasteiger partial charge on any atom is 0.232 e. The van der Waals surface area contributed by atoms with Crippen molar-refractivity contribution in [3.05, 3.63) is 0 Å². The predicted molar refractivity (Wildman–Crippen MR) is 77.5 cm³/mol. The molecule has 0 heterocycles. The molecule has 0 aromatic heterocycles. The lowest BCUT2D eigenvalue weighted by Gasteiger charge is -2.29. The van der Waals surface area contributed by atoms with Crippen LogP contribution >= 0.6 is 10.7 Å². The first-order chi connectivity index (χ1) is 8.02. The zero-order valence-electron chi connectivity index (χ0n) is 12.2. The van der Waals surface area contributed by atoms with Crippen molar-refractivity contribution in [1.82, 2.24) is 0 Å². The fourth-order valence-corrected chi connectivity index (χ4v) is 3.14. The summed E-state index contributed by atoms with van der Waals surface area (Å²) in [4.78, 5) is 0. The van der Waals surface area contributed by atoms with Gasteiger partial charge in [-0.1, -0.05) is 34.6 Å². The molecule has 0 fully saturated rings. The van der Waals surface area contributed by atoms with Gasteiger partial charge in [0.2, 0.25) is 9.05 Å². The van der Waals surface area contributed by atoms with Crippen LogP contribution in [-0.2, 0) is 13.8 Å². The third kappa shape index (κ3) is 10.2. The molecule has 0 aliphatic carbocycles. The smallest absolute Gasteiger partial charge is 0.232 e. The largest absolute Gasteiger partial charge is 0.381 e. The molecule has 0 radical (unpaired) electrons. The Morgan fingerprint density at radius 1 is 1.22 bits per heavy atom. The highest BCUT2D eigenvalue weighted by Gasteiger charge is 2.29. The van der Waals surface area contributed by atoms with Crippen LogP contribution in [0.15, 0.2) is 0 Å². The number of ether oxygens (including phenoxy) is 1. The summed E-state index contributed by atoms with van der Waals surface area (Å²) in [6.45, 7) is 11.5. The van der Waals surface area contributed by atoms with Crippen LogP contribution in [0.2, 0.25) is 0 Å². The van der Waals surface area contributed by atoms with Gasteiger partial charge in [0, 0.05) is 23.2 Å². The van der Waals surface area contributed by atoms with Crippen molar-refractivity contribution in [1.29, 1.82) is 0 Å². The third-order valence-corrected chi connectivity index (χ3v) is 4.19. The SMILES string of the molecule is CC(C)CCCOCC(CS(=O)(=O)Cl)C(C)(C)C. The molecule has 0 saturated heterocycles. The van der Waals surface area contributed by atoms with Crippen LogP contribution in [-0.4, -0.2) is 27.4 Å². The number of halogens is 1. The summed E-state index contributed by atoms with van der Waals surface area (Å²) in [5.74, 6) is 0.580. The summed E-state index contributed by atoms with van der Waals surface area (Å²) in [5, 5.41) is 0. The molecule has 0 aliphatic heterocycles. The first-order valence-electron chi connectivity index (χ1n) is 6.52. The Hall–Kier alpha value is 0.200. The summed E-state index contributed by atoms with van der Waals surface area (Å²) in [7, 11) is 1.86. The molecule has 1 atom stereocenters. The van der Waals surface area contributed by atoms with Gasteiger partial charge >= 0.3 is 0 Å². The highest BCUT2D eigenvalue weighted by Crippen LogP contribution is 2.28. The van der Waals surface area contributed by atoms with Crippen molar-refractivity contribution in [2.24, 2.45) is 17.3 Å². The summed E-state index contributed by atoms with van der Waals surface area (Å²) >= 11 is 0. The average molecular weight is 299 g/mol. The van der Waals surface area contributed by atoms with Crippen molar-refractivity contribution in [2.45, 2.75) is 47.5 Å². The molecule has 0 spiro atoms. The predicted octanol–water partition coefficient (Wildman–Crippen LogP) is 3.67. The molecule has 0 aromatic carbocycles. The molecule has 1 unspecified atom stereocenters. The van der Waals surface area contributed by atoms with Crippen molar-refractivity contribution in [3.63, 3.8) is 0 Å². The zero-order valence-corrected chi connectivity index (χ0v) is 13.8. The topological polar surface area (TPSA) is 43.4 Å². The highest BCUT2D eigenvalue weighted by atomic mass is 35.7. The Morgan fingerprint density at radius 2 is 1.78 bits per heavy atom. The van der Waals surface area contributed by atoms with Gasteiger partial charge in [-0.2, -0.15) is 0 Å². The molecule has 0 aromatic rings. The number of rotatable bonds is 8. The Kier molecular flexibility index (Phi) is 7.79. The number of hydrogen-bond acceptors (Lipinski definition) is 3. The quantitative estimate of drug-likeness (QED) is 0.507. The van der Waals surface area contributed by atoms with E-state index in [2.05, 4.69) is 13.8 Å². The molecule has 0 rings (SSSR count). The molecule has 0 amide bonds. The minimum Gasteiger partial charge on any atom is -0.381 e. The van der Waals surface area contributed by atoms with Gasteiger partial charge in [-0.25, -0.2) is 8.42 Å². The van der Waals surface area contributed by atoms with Crippen LogP contribution in [0.25, 0.3) is 0 Å².